The van der Waals surface area contributed by atoms with Crippen LogP contribution in [-0.2, 0) is 9.59 Å². The molecule has 0 aromatic heterocycles. The molecule has 1 saturated heterocycles. The zero-order chi connectivity index (χ0) is 16.3. The molecule has 3 rings (SSSR count). The zero-order valence-corrected chi connectivity index (χ0v) is 13.6. The molecule has 0 radical (unpaired) electrons. The van der Waals surface area contributed by atoms with E-state index < -0.39 is 11.9 Å². The lowest BCUT2D eigenvalue weighted by atomic mass is 9.93. The van der Waals surface area contributed by atoms with Crippen LogP contribution in [-0.4, -0.2) is 70.2 Å². The summed E-state index contributed by atoms with van der Waals surface area (Å²) in [7, 11) is 0. The Bertz CT molecular complexity index is 393. The maximum Gasteiger partial charge on any atom is 0.414 e. The molecule has 126 valence electrons. The van der Waals surface area contributed by atoms with E-state index in [1.807, 2.05) is 0 Å². The number of hydrogen-bond donors (Lipinski definition) is 2. The van der Waals surface area contributed by atoms with Crippen molar-refractivity contribution in [3.63, 3.8) is 0 Å². The molecule has 3 unspecified atom stereocenters. The quantitative estimate of drug-likeness (QED) is 0.749. The second kappa shape index (κ2) is 7.42. The van der Waals surface area contributed by atoms with Crippen molar-refractivity contribution in [1.82, 2.24) is 9.80 Å². The Hall–Kier alpha value is -1.14. The second-order valence-corrected chi connectivity index (χ2v) is 7.02. The van der Waals surface area contributed by atoms with Crippen LogP contribution in [0.5, 0.6) is 0 Å². The second-order valence-electron chi connectivity index (χ2n) is 7.02. The standard InChI is InChI=1S/C14H26N2.C2H2O4/c1-11(2)15-5-7-16(8-6-15)14-10-12-3-4-13(14)9-12;3-1(4)2(5)6/h11-14H,3-10H2,1-2H3;(H,3,4)(H,5,6). The molecule has 0 amide bonds. The number of carbonyl (C=O) groups is 2. The summed E-state index contributed by atoms with van der Waals surface area (Å²) in [5.74, 6) is -1.49. The van der Waals surface area contributed by atoms with Gasteiger partial charge >= 0.3 is 11.9 Å². The Balaban J connectivity index is 0.000000254. The summed E-state index contributed by atoms with van der Waals surface area (Å²) in [4.78, 5) is 23.6. The first-order valence-electron chi connectivity index (χ1n) is 8.32. The first-order valence-corrected chi connectivity index (χ1v) is 8.32. The van der Waals surface area contributed by atoms with Crippen LogP contribution in [0.4, 0.5) is 0 Å². The van der Waals surface area contributed by atoms with Crippen LogP contribution >= 0.6 is 0 Å². The molecule has 6 heteroatoms. The van der Waals surface area contributed by atoms with Crippen molar-refractivity contribution in [3.8, 4) is 0 Å². The number of fused-ring (bicyclic) bond motifs is 2. The SMILES string of the molecule is CC(C)N1CCN(C2CC3CCC2C3)CC1.O=C(O)C(=O)O. The van der Waals surface area contributed by atoms with Gasteiger partial charge in [0.15, 0.2) is 0 Å². The lowest BCUT2D eigenvalue weighted by Crippen LogP contribution is -2.53. The summed E-state index contributed by atoms with van der Waals surface area (Å²) in [5.41, 5.74) is 0. The Labute approximate surface area is 132 Å². The van der Waals surface area contributed by atoms with E-state index in [1.54, 1.807) is 6.42 Å². The van der Waals surface area contributed by atoms with Crippen LogP contribution in [0.25, 0.3) is 0 Å². The molecule has 1 heterocycles. The first kappa shape index (κ1) is 17.2. The highest BCUT2D eigenvalue weighted by atomic mass is 16.4. The fourth-order valence-electron chi connectivity index (χ4n) is 4.24. The van der Waals surface area contributed by atoms with Crippen molar-refractivity contribution in [2.24, 2.45) is 11.8 Å². The van der Waals surface area contributed by atoms with Crippen LogP contribution in [0.15, 0.2) is 0 Å². The molecule has 2 saturated carbocycles. The van der Waals surface area contributed by atoms with E-state index >= 15 is 0 Å². The third-order valence-electron chi connectivity index (χ3n) is 5.43. The van der Waals surface area contributed by atoms with Crippen molar-refractivity contribution in [3.05, 3.63) is 0 Å². The average molecular weight is 312 g/mol. The van der Waals surface area contributed by atoms with Crippen LogP contribution in [0.1, 0.15) is 39.5 Å². The summed E-state index contributed by atoms with van der Waals surface area (Å²) >= 11 is 0. The summed E-state index contributed by atoms with van der Waals surface area (Å²) in [6.07, 6.45) is 6.13. The molecule has 3 atom stereocenters. The van der Waals surface area contributed by atoms with Gasteiger partial charge in [0.05, 0.1) is 0 Å². The lowest BCUT2D eigenvalue weighted by molar-refractivity contribution is -0.159. The maximum atomic E-state index is 9.10. The third kappa shape index (κ3) is 4.20. The van der Waals surface area contributed by atoms with E-state index in [0.29, 0.717) is 0 Å². The van der Waals surface area contributed by atoms with Crippen LogP contribution in [0.2, 0.25) is 0 Å². The van der Waals surface area contributed by atoms with Crippen molar-refractivity contribution >= 4 is 11.9 Å². The van der Waals surface area contributed by atoms with Gasteiger partial charge in [0, 0.05) is 38.3 Å². The van der Waals surface area contributed by atoms with E-state index in [9.17, 15) is 0 Å². The largest absolute Gasteiger partial charge is 0.473 e. The van der Waals surface area contributed by atoms with E-state index in [0.717, 1.165) is 23.9 Å². The monoisotopic (exact) mass is 312 g/mol. The Morgan fingerprint density at radius 1 is 0.955 bits per heavy atom. The van der Waals surface area contributed by atoms with E-state index in [-0.39, 0.29) is 0 Å². The minimum absolute atomic E-state index is 0.738. The summed E-state index contributed by atoms with van der Waals surface area (Å²) in [6, 6.07) is 1.70. The molecule has 3 aliphatic rings. The fourth-order valence-corrected chi connectivity index (χ4v) is 4.24. The molecule has 3 fully saturated rings. The van der Waals surface area contributed by atoms with Crippen LogP contribution in [0.3, 0.4) is 0 Å². The van der Waals surface area contributed by atoms with Gasteiger partial charge in [-0.3, -0.25) is 9.80 Å². The van der Waals surface area contributed by atoms with Gasteiger partial charge in [-0.15, -0.1) is 0 Å². The Kier molecular flexibility index (Phi) is 5.81. The van der Waals surface area contributed by atoms with E-state index in [4.69, 9.17) is 19.8 Å². The molecule has 2 aliphatic carbocycles. The summed E-state index contributed by atoms with van der Waals surface area (Å²) in [6.45, 7) is 9.90. The van der Waals surface area contributed by atoms with Gasteiger partial charge in [0.25, 0.3) is 0 Å². The van der Waals surface area contributed by atoms with Gasteiger partial charge in [-0.05, 0) is 44.9 Å². The van der Waals surface area contributed by atoms with Gasteiger partial charge in [0.1, 0.15) is 0 Å². The minimum Gasteiger partial charge on any atom is -0.473 e. The fraction of sp³-hybridized carbons (Fsp3) is 0.875. The molecular formula is C16H28N2O4. The number of carboxylic acids is 2. The number of piperazine rings is 1. The predicted octanol–water partition coefficient (Wildman–Crippen LogP) is 1.36. The Morgan fingerprint density at radius 3 is 1.91 bits per heavy atom. The maximum absolute atomic E-state index is 9.10. The van der Waals surface area contributed by atoms with Gasteiger partial charge < -0.3 is 10.2 Å². The molecule has 2 N–H and O–H groups in total. The zero-order valence-electron chi connectivity index (χ0n) is 13.6. The molecule has 1 aliphatic heterocycles. The molecule has 0 aromatic rings. The van der Waals surface area contributed by atoms with Crippen molar-refractivity contribution in [2.45, 2.75) is 51.6 Å². The van der Waals surface area contributed by atoms with E-state index in [2.05, 4.69) is 23.6 Å². The minimum atomic E-state index is -1.82. The van der Waals surface area contributed by atoms with Gasteiger partial charge in [0.2, 0.25) is 0 Å². The molecule has 22 heavy (non-hydrogen) atoms. The van der Waals surface area contributed by atoms with Crippen LogP contribution < -0.4 is 0 Å². The van der Waals surface area contributed by atoms with Crippen molar-refractivity contribution in [1.29, 1.82) is 0 Å². The normalized spacial score (nSPS) is 31.9. The Morgan fingerprint density at radius 2 is 1.55 bits per heavy atom. The third-order valence-corrected chi connectivity index (χ3v) is 5.43. The number of rotatable bonds is 2. The van der Waals surface area contributed by atoms with E-state index in [1.165, 1.54) is 45.4 Å². The first-order chi connectivity index (χ1) is 10.4. The molecular weight excluding hydrogens is 284 g/mol. The molecule has 0 aromatic carbocycles. The molecule has 2 bridgehead atoms. The summed E-state index contributed by atoms with van der Waals surface area (Å²) < 4.78 is 0. The molecule has 6 nitrogen and oxygen atoms in total. The van der Waals surface area contributed by atoms with Gasteiger partial charge in [-0.25, -0.2) is 9.59 Å². The number of hydrogen-bond acceptors (Lipinski definition) is 4. The lowest BCUT2D eigenvalue weighted by Gasteiger charge is -2.42. The average Bonchev–Trinajstić information content (AvgIpc) is 3.10. The highest BCUT2D eigenvalue weighted by Gasteiger charge is 2.42. The van der Waals surface area contributed by atoms with Gasteiger partial charge in [-0.1, -0.05) is 6.42 Å². The number of nitrogens with zero attached hydrogens (tertiary/aromatic N) is 2. The topological polar surface area (TPSA) is 81.1 Å². The highest BCUT2D eigenvalue weighted by Crippen LogP contribution is 2.46. The van der Waals surface area contributed by atoms with Crippen LogP contribution in [0, 0.1) is 11.8 Å². The number of aliphatic carboxylic acids is 2. The van der Waals surface area contributed by atoms with Gasteiger partial charge in [-0.2, -0.15) is 0 Å². The number of carboxylic acid groups (broad SMARTS) is 2. The summed E-state index contributed by atoms with van der Waals surface area (Å²) in [5, 5.41) is 14.8. The molecule has 0 spiro atoms. The smallest absolute Gasteiger partial charge is 0.414 e. The highest BCUT2D eigenvalue weighted by molar-refractivity contribution is 6.27. The van der Waals surface area contributed by atoms with Crippen molar-refractivity contribution in [2.75, 3.05) is 26.2 Å². The van der Waals surface area contributed by atoms with Crippen molar-refractivity contribution < 1.29 is 19.8 Å². The predicted molar refractivity (Wildman–Crippen MR) is 82.8 cm³/mol.